The molecule has 0 saturated heterocycles. The van der Waals surface area contributed by atoms with Crippen molar-refractivity contribution >= 4 is 12.0 Å². The fraction of sp³-hybridized carbons (Fsp3) is 0.0938. The molecule has 4 aromatic rings. The first-order valence-corrected chi connectivity index (χ1v) is 11.5. The van der Waals surface area contributed by atoms with E-state index in [2.05, 4.69) is 110 Å². The first-order chi connectivity index (χ1) is 16.7. The monoisotopic (exact) mass is 444 g/mol. The Kier molecular flexibility index (Phi) is 7.52. The van der Waals surface area contributed by atoms with Gasteiger partial charge in [0.2, 0.25) is 0 Å². The number of hydrogen-bond acceptors (Lipinski definition) is 2. The van der Waals surface area contributed by atoms with Crippen molar-refractivity contribution in [2.24, 2.45) is 0 Å². The summed E-state index contributed by atoms with van der Waals surface area (Å²) in [4.78, 5) is 11.1. The Morgan fingerprint density at radius 3 is 2.03 bits per heavy atom. The van der Waals surface area contributed by atoms with Crippen LogP contribution >= 0.6 is 0 Å². The summed E-state index contributed by atoms with van der Waals surface area (Å²) in [6.07, 6.45) is 4.71. The van der Waals surface area contributed by atoms with Gasteiger partial charge in [0, 0.05) is 6.08 Å². The fourth-order valence-electron chi connectivity index (χ4n) is 4.02. The lowest BCUT2D eigenvalue weighted by Gasteiger charge is -2.12. The highest BCUT2D eigenvalue weighted by Crippen LogP contribution is 2.34. The van der Waals surface area contributed by atoms with E-state index in [0.717, 1.165) is 18.4 Å². The molecule has 4 aromatic carbocycles. The molecule has 0 aliphatic rings. The summed E-state index contributed by atoms with van der Waals surface area (Å²) in [6.45, 7) is 7.67. The van der Waals surface area contributed by atoms with Gasteiger partial charge in [-0.1, -0.05) is 110 Å². The molecule has 0 N–H and O–H groups in total. The largest absolute Gasteiger partial charge is 0.463 e. The Hall–Kier alpha value is -4.17. The third-order valence-electron chi connectivity index (χ3n) is 5.87. The van der Waals surface area contributed by atoms with Gasteiger partial charge in [0.25, 0.3) is 0 Å². The predicted molar refractivity (Wildman–Crippen MR) is 142 cm³/mol. The van der Waals surface area contributed by atoms with Gasteiger partial charge in [-0.3, -0.25) is 0 Å². The molecule has 0 amide bonds. The lowest BCUT2D eigenvalue weighted by molar-refractivity contribution is -0.137. The van der Waals surface area contributed by atoms with Crippen LogP contribution in [-0.2, 0) is 16.0 Å². The summed E-state index contributed by atoms with van der Waals surface area (Å²) in [7, 11) is 0. The summed E-state index contributed by atoms with van der Waals surface area (Å²) in [5.74, 6) is -0.370. The van der Waals surface area contributed by atoms with Crippen LogP contribution in [0, 0.1) is 0 Å². The predicted octanol–water partition coefficient (Wildman–Crippen LogP) is 7.99. The van der Waals surface area contributed by atoms with Crippen LogP contribution in [0.15, 0.2) is 116 Å². The standard InChI is InChI=1S/C32H28O2/c1-3-24-14-20-27(21-15-24)30-12-5-6-13-31(30)29-11-7-10-28(23-29)26-18-16-25(17-19-26)9-8-22-34-32(33)4-2/h3-7,10-21,23H,1-2,8-9,22H2. The highest BCUT2D eigenvalue weighted by atomic mass is 16.5. The number of carbonyl (C=O) groups is 1. The zero-order valence-corrected chi connectivity index (χ0v) is 19.2. The number of esters is 1. The Morgan fingerprint density at radius 2 is 1.35 bits per heavy atom. The second-order valence-corrected chi connectivity index (χ2v) is 8.12. The van der Waals surface area contributed by atoms with Crippen molar-refractivity contribution in [3.8, 4) is 33.4 Å². The van der Waals surface area contributed by atoms with Crippen molar-refractivity contribution in [2.45, 2.75) is 12.8 Å². The van der Waals surface area contributed by atoms with Gasteiger partial charge in [0.1, 0.15) is 0 Å². The van der Waals surface area contributed by atoms with E-state index in [1.54, 1.807) is 0 Å². The van der Waals surface area contributed by atoms with E-state index in [4.69, 9.17) is 4.74 Å². The molecule has 0 radical (unpaired) electrons. The molecule has 0 aliphatic heterocycles. The lowest BCUT2D eigenvalue weighted by atomic mass is 9.92. The Morgan fingerprint density at radius 1 is 0.706 bits per heavy atom. The number of rotatable bonds is 9. The maximum Gasteiger partial charge on any atom is 0.330 e. The molecular formula is C32H28O2. The third-order valence-corrected chi connectivity index (χ3v) is 5.87. The smallest absolute Gasteiger partial charge is 0.330 e. The van der Waals surface area contributed by atoms with Gasteiger partial charge in [-0.05, 0) is 63.4 Å². The van der Waals surface area contributed by atoms with Gasteiger partial charge in [-0.15, -0.1) is 0 Å². The lowest BCUT2D eigenvalue weighted by Crippen LogP contribution is -2.02. The maximum absolute atomic E-state index is 11.1. The summed E-state index contributed by atoms with van der Waals surface area (Å²) in [5, 5.41) is 0. The molecular weight excluding hydrogens is 416 g/mol. The number of hydrogen-bond donors (Lipinski definition) is 0. The first-order valence-electron chi connectivity index (χ1n) is 11.5. The van der Waals surface area contributed by atoms with Gasteiger partial charge in [0.15, 0.2) is 0 Å². The van der Waals surface area contributed by atoms with Crippen LogP contribution in [0.25, 0.3) is 39.5 Å². The number of carbonyl (C=O) groups excluding carboxylic acids is 1. The van der Waals surface area contributed by atoms with Crippen molar-refractivity contribution in [1.29, 1.82) is 0 Å². The quantitative estimate of drug-likeness (QED) is 0.149. The Bertz CT molecular complexity index is 1280. The zero-order valence-electron chi connectivity index (χ0n) is 19.2. The van der Waals surface area contributed by atoms with Crippen LogP contribution in [0.2, 0.25) is 0 Å². The summed E-state index contributed by atoms with van der Waals surface area (Å²) in [6, 6.07) is 34.3. The van der Waals surface area contributed by atoms with E-state index in [9.17, 15) is 4.79 Å². The average molecular weight is 445 g/mol. The van der Waals surface area contributed by atoms with E-state index < -0.39 is 0 Å². The van der Waals surface area contributed by atoms with Gasteiger partial charge in [0.05, 0.1) is 6.61 Å². The Labute approximate surface area is 201 Å². The molecule has 0 spiro atoms. The number of benzene rings is 4. The van der Waals surface area contributed by atoms with E-state index >= 15 is 0 Å². The first kappa shape index (κ1) is 23.0. The van der Waals surface area contributed by atoms with Crippen molar-refractivity contribution in [2.75, 3.05) is 6.61 Å². The van der Waals surface area contributed by atoms with Crippen molar-refractivity contribution in [1.82, 2.24) is 0 Å². The van der Waals surface area contributed by atoms with Crippen LogP contribution in [0.4, 0.5) is 0 Å². The van der Waals surface area contributed by atoms with Gasteiger partial charge >= 0.3 is 5.97 Å². The van der Waals surface area contributed by atoms with E-state index in [0.29, 0.717) is 6.61 Å². The van der Waals surface area contributed by atoms with E-state index in [1.807, 2.05) is 6.08 Å². The fourth-order valence-corrected chi connectivity index (χ4v) is 4.02. The molecule has 0 fully saturated rings. The molecule has 0 atom stereocenters. The molecule has 168 valence electrons. The summed E-state index contributed by atoms with van der Waals surface area (Å²) < 4.78 is 5.05. The van der Waals surface area contributed by atoms with Gasteiger partial charge in [-0.2, -0.15) is 0 Å². The number of ether oxygens (including phenoxy) is 1. The molecule has 0 bridgehead atoms. The zero-order chi connectivity index (χ0) is 23.8. The second kappa shape index (κ2) is 11.1. The molecule has 2 heteroatoms. The normalized spacial score (nSPS) is 10.5. The van der Waals surface area contributed by atoms with Crippen molar-refractivity contribution in [3.05, 3.63) is 127 Å². The van der Waals surface area contributed by atoms with Crippen molar-refractivity contribution in [3.63, 3.8) is 0 Å². The third kappa shape index (κ3) is 5.60. The van der Waals surface area contributed by atoms with Crippen LogP contribution in [-0.4, -0.2) is 12.6 Å². The van der Waals surface area contributed by atoms with E-state index in [1.165, 1.54) is 45.0 Å². The average Bonchev–Trinajstić information content (AvgIpc) is 2.91. The summed E-state index contributed by atoms with van der Waals surface area (Å²) in [5.41, 5.74) is 9.50. The van der Waals surface area contributed by atoms with Gasteiger partial charge in [-0.25, -0.2) is 4.79 Å². The molecule has 0 aliphatic carbocycles. The highest BCUT2D eigenvalue weighted by molar-refractivity contribution is 5.85. The Balaban J connectivity index is 1.53. The van der Waals surface area contributed by atoms with Crippen LogP contribution in [0.3, 0.4) is 0 Å². The number of aryl methyl sites for hydroxylation is 1. The topological polar surface area (TPSA) is 26.3 Å². The van der Waals surface area contributed by atoms with Crippen molar-refractivity contribution < 1.29 is 9.53 Å². The maximum atomic E-state index is 11.1. The molecule has 4 rings (SSSR count). The minimum Gasteiger partial charge on any atom is -0.463 e. The summed E-state index contributed by atoms with van der Waals surface area (Å²) >= 11 is 0. The van der Waals surface area contributed by atoms with Crippen LogP contribution < -0.4 is 0 Å². The molecule has 0 aromatic heterocycles. The highest BCUT2D eigenvalue weighted by Gasteiger charge is 2.08. The molecule has 34 heavy (non-hydrogen) atoms. The van der Waals surface area contributed by atoms with Gasteiger partial charge < -0.3 is 4.74 Å². The minimum absolute atomic E-state index is 0.370. The van der Waals surface area contributed by atoms with Crippen LogP contribution in [0.1, 0.15) is 17.5 Å². The second-order valence-electron chi connectivity index (χ2n) is 8.12. The van der Waals surface area contributed by atoms with E-state index in [-0.39, 0.29) is 5.97 Å². The van der Waals surface area contributed by atoms with Crippen LogP contribution in [0.5, 0.6) is 0 Å². The molecule has 2 nitrogen and oxygen atoms in total. The minimum atomic E-state index is -0.370. The molecule has 0 heterocycles. The SMILES string of the molecule is C=CC(=O)OCCCc1ccc(-c2cccc(-c3ccccc3-c3ccc(C=C)cc3)c2)cc1. The molecule has 0 saturated carbocycles. The molecule has 0 unspecified atom stereocenters.